The first-order valence-electron chi connectivity index (χ1n) is 8.65. The van der Waals surface area contributed by atoms with Crippen LogP contribution in [-0.2, 0) is 4.74 Å². The van der Waals surface area contributed by atoms with E-state index in [1.54, 1.807) is 0 Å². The van der Waals surface area contributed by atoms with Crippen molar-refractivity contribution in [1.29, 1.82) is 0 Å². The molecule has 0 radical (unpaired) electrons. The molecule has 0 amide bonds. The van der Waals surface area contributed by atoms with Crippen molar-refractivity contribution < 1.29 is 14.9 Å². The standard InChI is InChI=1S/C17H35NO3/c1-15(2)7-6-10-21-12-16(20)11-18-13-17(14-19)8-4-3-5-9-17/h15-16,18-20H,3-14H2,1-2H3. The maximum absolute atomic E-state index is 9.89. The third-order valence-electron chi connectivity index (χ3n) is 4.51. The Morgan fingerprint density at radius 1 is 1.19 bits per heavy atom. The molecule has 126 valence electrons. The molecule has 1 fully saturated rings. The van der Waals surface area contributed by atoms with Gasteiger partial charge in [-0.2, -0.15) is 0 Å². The summed E-state index contributed by atoms with van der Waals surface area (Å²) in [6, 6.07) is 0. The number of aliphatic hydroxyl groups is 2. The molecule has 0 aliphatic heterocycles. The molecule has 0 spiro atoms. The summed E-state index contributed by atoms with van der Waals surface area (Å²) in [5.41, 5.74) is 0.0378. The summed E-state index contributed by atoms with van der Waals surface area (Å²) in [6.45, 7) is 7.15. The fourth-order valence-corrected chi connectivity index (χ4v) is 3.07. The van der Waals surface area contributed by atoms with E-state index in [4.69, 9.17) is 4.74 Å². The molecule has 1 aliphatic carbocycles. The predicted octanol–water partition coefficient (Wildman–Crippen LogP) is 2.33. The summed E-state index contributed by atoms with van der Waals surface area (Å²) >= 11 is 0. The van der Waals surface area contributed by atoms with E-state index in [-0.39, 0.29) is 12.0 Å². The quantitative estimate of drug-likeness (QED) is 0.513. The molecule has 3 N–H and O–H groups in total. The van der Waals surface area contributed by atoms with Crippen molar-refractivity contribution >= 4 is 0 Å². The molecule has 1 aliphatic rings. The van der Waals surface area contributed by atoms with Crippen LogP contribution in [0.25, 0.3) is 0 Å². The Morgan fingerprint density at radius 2 is 1.90 bits per heavy atom. The van der Waals surface area contributed by atoms with Crippen molar-refractivity contribution in [1.82, 2.24) is 5.32 Å². The molecule has 21 heavy (non-hydrogen) atoms. The van der Waals surface area contributed by atoms with Gasteiger partial charge in [-0.15, -0.1) is 0 Å². The molecule has 4 nitrogen and oxygen atoms in total. The predicted molar refractivity (Wildman–Crippen MR) is 86.4 cm³/mol. The van der Waals surface area contributed by atoms with Crippen LogP contribution in [0.2, 0.25) is 0 Å². The van der Waals surface area contributed by atoms with E-state index in [1.807, 2.05) is 0 Å². The van der Waals surface area contributed by atoms with E-state index in [9.17, 15) is 10.2 Å². The maximum atomic E-state index is 9.89. The Hall–Kier alpha value is -0.160. The molecule has 0 aromatic carbocycles. The van der Waals surface area contributed by atoms with Crippen LogP contribution in [0.4, 0.5) is 0 Å². The fraction of sp³-hybridized carbons (Fsp3) is 1.00. The van der Waals surface area contributed by atoms with Crippen molar-refractivity contribution in [3.63, 3.8) is 0 Å². The summed E-state index contributed by atoms with van der Waals surface area (Å²) in [5.74, 6) is 0.713. The van der Waals surface area contributed by atoms with Crippen LogP contribution in [0.15, 0.2) is 0 Å². The lowest BCUT2D eigenvalue weighted by atomic mass is 9.74. The molecule has 0 aromatic rings. The highest BCUT2D eigenvalue weighted by Gasteiger charge is 2.30. The second kappa shape index (κ2) is 10.5. The number of ether oxygens (including phenoxy) is 1. The van der Waals surface area contributed by atoms with E-state index in [0.717, 1.165) is 32.4 Å². The second-order valence-corrected chi connectivity index (χ2v) is 7.11. The van der Waals surface area contributed by atoms with Gasteiger partial charge < -0.3 is 20.3 Å². The van der Waals surface area contributed by atoms with Gasteiger partial charge in [0.2, 0.25) is 0 Å². The minimum atomic E-state index is -0.455. The van der Waals surface area contributed by atoms with Crippen molar-refractivity contribution in [2.75, 3.05) is 32.9 Å². The van der Waals surface area contributed by atoms with Crippen LogP contribution in [0, 0.1) is 11.3 Å². The van der Waals surface area contributed by atoms with Gasteiger partial charge in [0, 0.05) is 31.7 Å². The topological polar surface area (TPSA) is 61.7 Å². The van der Waals surface area contributed by atoms with Gasteiger partial charge in [-0.1, -0.05) is 33.1 Å². The number of hydrogen-bond acceptors (Lipinski definition) is 4. The van der Waals surface area contributed by atoms with E-state index in [2.05, 4.69) is 19.2 Å². The smallest absolute Gasteiger partial charge is 0.0897 e. The maximum Gasteiger partial charge on any atom is 0.0897 e. The zero-order valence-corrected chi connectivity index (χ0v) is 13.9. The SMILES string of the molecule is CC(C)CCCOCC(O)CNCC1(CO)CCCCC1. The first-order valence-corrected chi connectivity index (χ1v) is 8.65. The molecule has 0 aromatic heterocycles. The lowest BCUT2D eigenvalue weighted by Gasteiger charge is -2.36. The van der Waals surface area contributed by atoms with Crippen LogP contribution in [0.5, 0.6) is 0 Å². The monoisotopic (exact) mass is 301 g/mol. The van der Waals surface area contributed by atoms with Crippen molar-refractivity contribution in [3.8, 4) is 0 Å². The van der Waals surface area contributed by atoms with Gasteiger partial charge in [0.1, 0.15) is 0 Å². The molecular weight excluding hydrogens is 266 g/mol. The highest BCUT2D eigenvalue weighted by atomic mass is 16.5. The summed E-state index contributed by atoms with van der Waals surface area (Å²) in [6.07, 6.45) is 7.68. The normalized spacial score (nSPS) is 19.9. The van der Waals surface area contributed by atoms with Gasteiger partial charge in [0.15, 0.2) is 0 Å². The van der Waals surface area contributed by atoms with Crippen molar-refractivity contribution in [3.05, 3.63) is 0 Å². The van der Waals surface area contributed by atoms with E-state index in [0.29, 0.717) is 19.1 Å². The van der Waals surface area contributed by atoms with Crippen LogP contribution in [0.1, 0.15) is 58.8 Å². The zero-order chi connectivity index (χ0) is 15.6. The number of aliphatic hydroxyl groups excluding tert-OH is 2. The van der Waals surface area contributed by atoms with Gasteiger partial charge in [0.05, 0.1) is 12.7 Å². The Bertz CT molecular complexity index is 252. The fourth-order valence-electron chi connectivity index (χ4n) is 3.07. The van der Waals surface area contributed by atoms with Crippen molar-refractivity contribution in [2.24, 2.45) is 11.3 Å². The first kappa shape index (κ1) is 18.9. The Morgan fingerprint density at radius 3 is 2.52 bits per heavy atom. The highest BCUT2D eigenvalue weighted by molar-refractivity contribution is 4.84. The molecule has 0 heterocycles. The second-order valence-electron chi connectivity index (χ2n) is 7.11. The Labute approximate surface area is 130 Å². The van der Waals surface area contributed by atoms with Crippen LogP contribution in [-0.4, -0.2) is 49.2 Å². The Balaban J connectivity index is 2.05. The highest BCUT2D eigenvalue weighted by Crippen LogP contribution is 2.35. The molecule has 0 saturated heterocycles. The van der Waals surface area contributed by atoms with Crippen LogP contribution in [0.3, 0.4) is 0 Å². The van der Waals surface area contributed by atoms with Crippen molar-refractivity contribution in [2.45, 2.75) is 64.9 Å². The van der Waals surface area contributed by atoms with E-state index in [1.165, 1.54) is 25.7 Å². The van der Waals surface area contributed by atoms with E-state index < -0.39 is 6.10 Å². The molecule has 1 unspecified atom stereocenters. The zero-order valence-electron chi connectivity index (χ0n) is 13.9. The van der Waals surface area contributed by atoms with E-state index >= 15 is 0 Å². The molecular formula is C17H35NO3. The molecule has 1 saturated carbocycles. The molecule has 1 rings (SSSR count). The average Bonchev–Trinajstić information content (AvgIpc) is 2.47. The van der Waals surface area contributed by atoms with Gasteiger partial charge in [-0.3, -0.25) is 0 Å². The molecule has 4 heteroatoms. The first-order chi connectivity index (χ1) is 10.1. The molecule has 0 bridgehead atoms. The minimum Gasteiger partial charge on any atom is -0.396 e. The molecule has 1 atom stereocenters. The lowest BCUT2D eigenvalue weighted by molar-refractivity contribution is 0.0291. The van der Waals surface area contributed by atoms with Gasteiger partial charge in [-0.05, 0) is 31.6 Å². The largest absolute Gasteiger partial charge is 0.396 e. The third-order valence-corrected chi connectivity index (χ3v) is 4.51. The van der Waals surface area contributed by atoms with Crippen LogP contribution < -0.4 is 5.32 Å². The minimum absolute atomic E-state index is 0.0378. The summed E-state index contributed by atoms with van der Waals surface area (Å²) in [7, 11) is 0. The van der Waals surface area contributed by atoms with Gasteiger partial charge >= 0.3 is 0 Å². The lowest BCUT2D eigenvalue weighted by Crippen LogP contribution is -2.42. The number of hydrogen-bond donors (Lipinski definition) is 3. The summed E-state index contributed by atoms with van der Waals surface area (Å²) < 4.78 is 5.50. The number of nitrogens with one attached hydrogen (secondary N) is 1. The Kier molecular flexibility index (Phi) is 9.49. The third kappa shape index (κ3) is 8.15. The average molecular weight is 301 g/mol. The van der Waals surface area contributed by atoms with Gasteiger partial charge in [-0.25, -0.2) is 0 Å². The van der Waals surface area contributed by atoms with Crippen LogP contribution >= 0.6 is 0 Å². The summed E-state index contributed by atoms with van der Waals surface area (Å²) in [5, 5.41) is 22.8. The van der Waals surface area contributed by atoms with Gasteiger partial charge in [0.25, 0.3) is 0 Å². The number of rotatable bonds is 11. The summed E-state index contributed by atoms with van der Waals surface area (Å²) in [4.78, 5) is 0.